The van der Waals surface area contributed by atoms with Crippen LogP contribution in [0.2, 0.25) is 5.02 Å². The zero-order chi connectivity index (χ0) is 22.2. The van der Waals surface area contributed by atoms with Gasteiger partial charge in [-0.1, -0.05) is 11.6 Å². The van der Waals surface area contributed by atoms with Crippen LogP contribution in [0.15, 0.2) is 34.9 Å². The number of carbonyl (C=O) groups excluding carboxylic acids is 1. The molecule has 164 valence electrons. The Balaban J connectivity index is 1.61. The number of carbonyl (C=O) groups is 1. The Morgan fingerprint density at radius 1 is 1.39 bits per heavy atom. The predicted octanol–water partition coefficient (Wildman–Crippen LogP) is 4.14. The number of nitrogens with one attached hydrogen (secondary N) is 1. The van der Waals surface area contributed by atoms with E-state index >= 15 is 0 Å². The standard InChI is InChI=1S/C22H25ClN4O4/c1-13-11-27(22(2,3)12-30-13)20(28)14-7-17-19(18(8-14)29-4)31-21(26-17)25-10-16-9-15(23)5-6-24-16/h5-9,13H,10-12H2,1-4H3,(H,25,26). The van der Waals surface area contributed by atoms with Gasteiger partial charge in [0.05, 0.1) is 37.6 Å². The molecule has 1 aromatic carbocycles. The highest BCUT2D eigenvalue weighted by Crippen LogP contribution is 2.32. The lowest BCUT2D eigenvalue weighted by atomic mass is 9.99. The molecule has 1 aliphatic rings. The Bertz CT molecular complexity index is 1110. The Morgan fingerprint density at radius 3 is 2.94 bits per heavy atom. The van der Waals surface area contributed by atoms with Gasteiger partial charge in [-0.05, 0) is 45.0 Å². The molecule has 0 radical (unpaired) electrons. The van der Waals surface area contributed by atoms with Gasteiger partial charge in [0.2, 0.25) is 0 Å². The molecule has 4 rings (SSSR count). The first-order valence-corrected chi connectivity index (χ1v) is 10.4. The van der Waals surface area contributed by atoms with Gasteiger partial charge < -0.3 is 24.1 Å². The molecule has 1 amide bonds. The van der Waals surface area contributed by atoms with Crippen LogP contribution in [0, 0.1) is 0 Å². The van der Waals surface area contributed by atoms with Gasteiger partial charge in [0.25, 0.3) is 11.9 Å². The summed E-state index contributed by atoms with van der Waals surface area (Å²) in [5.41, 5.74) is 1.83. The fourth-order valence-corrected chi connectivity index (χ4v) is 3.74. The Hall–Kier alpha value is -2.84. The molecule has 8 nitrogen and oxygen atoms in total. The Kier molecular flexibility index (Phi) is 5.77. The first-order chi connectivity index (χ1) is 14.8. The van der Waals surface area contributed by atoms with E-state index < -0.39 is 5.54 Å². The van der Waals surface area contributed by atoms with Crippen LogP contribution < -0.4 is 10.1 Å². The lowest BCUT2D eigenvalue weighted by Crippen LogP contribution is -2.57. The molecule has 0 bridgehead atoms. The number of aromatic nitrogens is 2. The highest BCUT2D eigenvalue weighted by Gasteiger charge is 2.37. The van der Waals surface area contributed by atoms with Crippen molar-refractivity contribution in [3.8, 4) is 5.75 Å². The normalized spacial score (nSPS) is 18.2. The number of pyridine rings is 1. The van der Waals surface area contributed by atoms with Crippen LogP contribution in [-0.2, 0) is 11.3 Å². The second kappa shape index (κ2) is 8.36. The summed E-state index contributed by atoms with van der Waals surface area (Å²) in [6.07, 6.45) is 1.62. The van der Waals surface area contributed by atoms with Crippen LogP contribution in [0.3, 0.4) is 0 Å². The van der Waals surface area contributed by atoms with Crippen LogP contribution in [0.1, 0.15) is 36.8 Å². The third-order valence-corrected chi connectivity index (χ3v) is 5.49. The maximum Gasteiger partial charge on any atom is 0.296 e. The van der Waals surface area contributed by atoms with Crippen molar-refractivity contribution in [2.75, 3.05) is 25.6 Å². The van der Waals surface area contributed by atoms with E-state index in [2.05, 4.69) is 15.3 Å². The molecule has 0 spiro atoms. The smallest absolute Gasteiger partial charge is 0.296 e. The van der Waals surface area contributed by atoms with Crippen LogP contribution >= 0.6 is 11.6 Å². The number of hydrogen-bond donors (Lipinski definition) is 1. The molecule has 0 saturated carbocycles. The number of rotatable bonds is 5. The van der Waals surface area contributed by atoms with Gasteiger partial charge in [0.15, 0.2) is 11.3 Å². The van der Waals surface area contributed by atoms with Crippen molar-refractivity contribution in [3.63, 3.8) is 0 Å². The molecule has 3 heterocycles. The second-order valence-corrected chi connectivity index (χ2v) is 8.65. The van der Waals surface area contributed by atoms with Gasteiger partial charge in [0.1, 0.15) is 5.52 Å². The minimum absolute atomic E-state index is 0.0226. The van der Waals surface area contributed by atoms with E-state index in [1.54, 1.807) is 30.5 Å². The zero-order valence-electron chi connectivity index (χ0n) is 17.9. The summed E-state index contributed by atoms with van der Waals surface area (Å²) >= 11 is 6.00. The summed E-state index contributed by atoms with van der Waals surface area (Å²) in [6, 6.07) is 7.20. The summed E-state index contributed by atoms with van der Waals surface area (Å²) in [5.74, 6) is 0.349. The molecule has 9 heteroatoms. The van der Waals surface area contributed by atoms with E-state index in [4.69, 9.17) is 25.5 Å². The maximum absolute atomic E-state index is 13.3. The molecule has 1 N–H and O–H groups in total. The number of halogens is 1. The molecule has 31 heavy (non-hydrogen) atoms. The van der Waals surface area contributed by atoms with Gasteiger partial charge in [-0.15, -0.1) is 0 Å². The minimum atomic E-state index is -0.410. The number of methoxy groups -OCH3 is 1. The number of amides is 1. The maximum atomic E-state index is 13.3. The summed E-state index contributed by atoms with van der Waals surface area (Å²) in [7, 11) is 1.54. The summed E-state index contributed by atoms with van der Waals surface area (Å²) in [5, 5.41) is 3.70. The number of benzene rings is 1. The highest BCUT2D eigenvalue weighted by atomic mass is 35.5. The molecule has 1 atom stereocenters. The fourth-order valence-electron chi connectivity index (χ4n) is 3.56. The largest absolute Gasteiger partial charge is 0.493 e. The first-order valence-electron chi connectivity index (χ1n) is 10.0. The molecule has 2 aromatic heterocycles. The van der Waals surface area contributed by atoms with Crippen LogP contribution in [0.5, 0.6) is 5.75 Å². The number of oxazole rings is 1. The van der Waals surface area contributed by atoms with E-state index in [1.165, 1.54) is 7.11 Å². The third-order valence-electron chi connectivity index (χ3n) is 5.26. The van der Waals surface area contributed by atoms with Gasteiger partial charge in [0, 0.05) is 23.3 Å². The molecule has 0 aliphatic carbocycles. The molecule has 1 fully saturated rings. The molecule has 3 aromatic rings. The van der Waals surface area contributed by atoms with Crippen LogP contribution in [0.25, 0.3) is 11.1 Å². The average Bonchev–Trinajstić information content (AvgIpc) is 3.16. The fraction of sp³-hybridized carbons (Fsp3) is 0.409. The predicted molar refractivity (Wildman–Crippen MR) is 118 cm³/mol. The van der Waals surface area contributed by atoms with E-state index in [9.17, 15) is 4.79 Å². The van der Waals surface area contributed by atoms with Crippen molar-refractivity contribution in [1.29, 1.82) is 0 Å². The lowest BCUT2D eigenvalue weighted by molar-refractivity contribution is -0.0755. The average molecular weight is 445 g/mol. The number of morpholine rings is 1. The van der Waals surface area contributed by atoms with E-state index in [-0.39, 0.29) is 12.0 Å². The Labute approximate surface area is 185 Å². The summed E-state index contributed by atoms with van der Waals surface area (Å²) < 4.78 is 17.0. The van der Waals surface area contributed by atoms with Crippen molar-refractivity contribution in [1.82, 2.24) is 14.9 Å². The van der Waals surface area contributed by atoms with E-state index in [0.717, 1.165) is 5.69 Å². The van der Waals surface area contributed by atoms with Crippen LogP contribution in [-0.4, -0.2) is 52.7 Å². The summed E-state index contributed by atoms with van der Waals surface area (Å²) in [4.78, 5) is 23.9. The number of anilines is 1. The van der Waals surface area contributed by atoms with Gasteiger partial charge >= 0.3 is 0 Å². The van der Waals surface area contributed by atoms with E-state index in [0.29, 0.717) is 53.1 Å². The molecule has 1 saturated heterocycles. The number of hydrogen-bond acceptors (Lipinski definition) is 7. The first kappa shape index (κ1) is 21.4. The van der Waals surface area contributed by atoms with Gasteiger partial charge in [-0.25, -0.2) is 0 Å². The van der Waals surface area contributed by atoms with Gasteiger partial charge in [-0.3, -0.25) is 9.78 Å². The van der Waals surface area contributed by atoms with E-state index in [1.807, 2.05) is 25.7 Å². The van der Waals surface area contributed by atoms with Crippen molar-refractivity contribution in [3.05, 3.63) is 46.7 Å². The zero-order valence-corrected chi connectivity index (χ0v) is 18.7. The topological polar surface area (TPSA) is 89.7 Å². The van der Waals surface area contributed by atoms with Crippen LogP contribution in [0.4, 0.5) is 6.01 Å². The summed E-state index contributed by atoms with van der Waals surface area (Å²) in [6.45, 7) is 7.34. The highest BCUT2D eigenvalue weighted by molar-refractivity contribution is 6.30. The Morgan fingerprint density at radius 2 is 2.19 bits per heavy atom. The number of ether oxygens (including phenoxy) is 2. The molecular weight excluding hydrogens is 420 g/mol. The lowest BCUT2D eigenvalue weighted by Gasteiger charge is -2.44. The third kappa shape index (κ3) is 4.45. The van der Waals surface area contributed by atoms with Crippen molar-refractivity contribution in [2.24, 2.45) is 0 Å². The second-order valence-electron chi connectivity index (χ2n) is 8.21. The molecule has 1 aliphatic heterocycles. The monoisotopic (exact) mass is 444 g/mol. The molecule has 1 unspecified atom stereocenters. The minimum Gasteiger partial charge on any atom is -0.493 e. The van der Waals surface area contributed by atoms with Crippen molar-refractivity contribution >= 4 is 34.6 Å². The number of nitrogens with zero attached hydrogens (tertiary/aromatic N) is 3. The molecular formula is C22H25ClN4O4. The van der Waals surface area contributed by atoms with Gasteiger partial charge in [-0.2, -0.15) is 4.98 Å². The SMILES string of the molecule is COc1cc(C(=O)N2CC(C)OCC2(C)C)cc2nc(NCc3cc(Cl)ccn3)oc12. The van der Waals surface area contributed by atoms with Crippen molar-refractivity contribution < 1.29 is 18.7 Å². The number of fused-ring (bicyclic) bond motifs is 1. The van der Waals surface area contributed by atoms with Crippen molar-refractivity contribution in [2.45, 2.75) is 39.0 Å². The quantitative estimate of drug-likeness (QED) is 0.632.